The van der Waals surface area contributed by atoms with E-state index in [2.05, 4.69) is 29.8 Å². The Morgan fingerprint density at radius 1 is 1.24 bits per heavy atom. The molecule has 1 atom stereocenters. The third-order valence-corrected chi connectivity index (χ3v) is 4.48. The Bertz CT molecular complexity index is 583. The van der Waals surface area contributed by atoms with Gasteiger partial charge in [-0.25, -0.2) is 0 Å². The monoisotopic (exact) mass is 346 g/mol. The van der Waals surface area contributed by atoms with Crippen LogP contribution in [0.5, 0.6) is 0 Å². The highest BCUT2D eigenvalue weighted by Crippen LogP contribution is 2.31. The van der Waals surface area contributed by atoms with Crippen LogP contribution in [0.4, 0.5) is 0 Å². The van der Waals surface area contributed by atoms with Crippen molar-refractivity contribution in [3.05, 3.63) is 39.7 Å². The fraction of sp³-hybridized carbons (Fsp3) is 0.429. The molecule has 0 unspecified atom stereocenters. The standard InChI is InChI=1S/C14H17Cl2N3OS/c1-8(2)6-12(17)13-18-19-14(20-13)21-7-9-10(15)4-3-5-11(9)16/h3-5,8,12H,6-7,17H2,1-2H3/p+1/t12-/m0/s1. The molecule has 4 nitrogen and oxygen atoms in total. The van der Waals surface area contributed by atoms with Crippen molar-refractivity contribution in [2.24, 2.45) is 5.92 Å². The van der Waals surface area contributed by atoms with Crippen molar-refractivity contribution in [3.8, 4) is 0 Å². The number of rotatable bonds is 6. The van der Waals surface area contributed by atoms with Crippen LogP contribution in [0.1, 0.15) is 37.8 Å². The van der Waals surface area contributed by atoms with Crippen LogP contribution in [-0.2, 0) is 5.75 Å². The van der Waals surface area contributed by atoms with Crippen LogP contribution in [0.2, 0.25) is 10.0 Å². The number of hydrogen-bond donors (Lipinski definition) is 1. The molecule has 0 saturated heterocycles. The summed E-state index contributed by atoms with van der Waals surface area (Å²) in [4.78, 5) is 0. The summed E-state index contributed by atoms with van der Waals surface area (Å²) < 4.78 is 5.64. The number of benzene rings is 1. The molecule has 0 bridgehead atoms. The van der Waals surface area contributed by atoms with Gasteiger partial charge in [-0.2, -0.15) is 0 Å². The third-order valence-electron chi connectivity index (χ3n) is 2.93. The number of quaternary nitrogens is 1. The van der Waals surface area contributed by atoms with Gasteiger partial charge in [-0.3, -0.25) is 0 Å². The lowest BCUT2D eigenvalue weighted by molar-refractivity contribution is -0.435. The van der Waals surface area contributed by atoms with E-state index in [0.29, 0.717) is 32.8 Å². The Labute approximate surface area is 138 Å². The second-order valence-electron chi connectivity index (χ2n) is 5.22. The molecule has 1 aromatic carbocycles. The van der Waals surface area contributed by atoms with Gasteiger partial charge in [0.25, 0.3) is 11.1 Å². The molecule has 0 fully saturated rings. The number of thioether (sulfide) groups is 1. The zero-order valence-corrected chi connectivity index (χ0v) is 14.3. The van der Waals surface area contributed by atoms with Crippen molar-refractivity contribution in [1.29, 1.82) is 0 Å². The lowest BCUT2D eigenvalue weighted by atomic mass is 10.1. The van der Waals surface area contributed by atoms with E-state index >= 15 is 0 Å². The van der Waals surface area contributed by atoms with E-state index < -0.39 is 0 Å². The van der Waals surface area contributed by atoms with Gasteiger partial charge in [-0.05, 0) is 23.6 Å². The van der Waals surface area contributed by atoms with Gasteiger partial charge in [-0.15, -0.1) is 10.2 Å². The molecule has 7 heteroatoms. The maximum Gasteiger partial charge on any atom is 0.277 e. The largest absolute Gasteiger partial charge is 0.410 e. The highest BCUT2D eigenvalue weighted by molar-refractivity contribution is 7.98. The predicted molar refractivity (Wildman–Crippen MR) is 85.4 cm³/mol. The predicted octanol–water partition coefficient (Wildman–Crippen LogP) is 4.00. The molecule has 0 amide bonds. The molecule has 0 radical (unpaired) electrons. The SMILES string of the molecule is CC(C)C[C@H]([NH3+])c1nnc(SCc2c(Cl)cccc2Cl)o1. The number of nitrogens with zero attached hydrogens (tertiary/aromatic N) is 2. The maximum atomic E-state index is 6.13. The fourth-order valence-electron chi connectivity index (χ4n) is 1.92. The highest BCUT2D eigenvalue weighted by Gasteiger charge is 2.19. The van der Waals surface area contributed by atoms with Gasteiger partial charge in [-0.1, -0.05) is 54.9 Å². The maximum absolute atomic E-state index is 6.13. The van der Waals surface area contributed by atoms with Crippen molar-refractivity contribution < 1.29 is 10.2 Å². The molecule has 2 aromatic rings. The molecule has 1 aromatic heterocycles. The summed E-state index contributed by atoms with van der Waals surface area (Å²) in [6.45, 7) is 4.28. The topological polar surface area (TPSA) is 66.6 Å². The molecule has 0 spiro atoms. The molecule has 21 heavy (non-hydrogen) atoms. The second kappa shape index (κ2) is 7.49. The molecular weight excluding hydrogens is 329 g/mol. The van der Waals surface area contributed by atoms with Gasteiger partial charge in [0.1, 0.15) is 0 Å². The molecule has 0 aliphatic rings. The zero-order chi connectivity index (χ0) is 15.4. The molecule has 114 valence electrons. The van der Waals surface area contributed by atoms with Crippen molar-refractivity contribution in [1.82, 2.24) is 10.2 Å². The van der Waals surface area contributed by atoms with E-state index in [1.54, 1.807) is 0 Å². The van der Waals surface area contributed by atoms with Crippen molar-refractivity contribution in [2.75, 3.05) is 0 Å². The molecule has 0 aliphatic carbocycles. The lowest BCUT2D eigenvalue weighted by Crippen LogP contribution is -2.54. The molecule has 1 heterocycles. The van der Waals surface area contributed by atoms with E-state index in [1.165, 1.54) is 11.8 Å². The number of aromatic nitrogens is 2. The lowest BCUT2D eigenvalue weighted by Gasteiger charge is -2.06. The van der Waals surface area contributed by atoms with Gasteiger partial charge in [0.2, 0.25) is 0 Å². The average Bonchev–Trinajstić information content (AvgIpc) is 2.86. The van der Waals surface area contributed by atoms with Crippen LogP contribution >= 0.6 is 35.0 Å². The van der Waals surface area contributed by atoms with Crippen molar-refractivity contribution in [2.45, 2.75) is 37.3 Å². The van der Waals surface area contributed by atoms with E-state index in [1.807, 2.05) is 18.2 Å². The first-order valence-corrected chi connectivity index (χ1v) is 8.43. The Balaban J connectivity index is 2.00. The summed E-state index contributed by atoms with van der Waals surface area (Å²) in [6.07, 6.45) is 0.919. The Kier molecular flexibility index (Phi) is 5.93. The van der Waals surface area contributed by atoms with E-state index in [9.17, 15) is 0 Å². The summed E-state index contributed by atoms with van der Waals surface area (Å²) in [7, 11) is 0. The minimum absolute atomic E-state index is 0.0238. The summed E-state index contributed by atoms with van der Waals surface area (Å²) >= 11 is 13.7. The fourth-order valence-corrected chi connectivity index (χ4v) is 3.43. The Hall–Kier alpha value is -0.750. The second-order valence-corrected chi connectivity index (χ2v) is 6.96. The third kappa shape index (κ3) is 4.61. The smallest absolute Gasteiger partial charge is 0.277 e. The highest BCUT2D eigenvalue weighted by atomic mass is 35.5. The molecule has 0 aliphatic heterocycles. The van der Waals surface area contributed by atoms with Crippen LogP contribution in [0, 0.1) is 5.92 Å². The minimum Gasteiger partial charge on any atom is -0.410 e. The van der Waals surface area contributed by atoms with E-state index in [-0.39, 0.29) is 6.04 Å². The van der Waals surface area contributed by atoms with Gasteiger partial charge < -0.3 is 10.2 Å². The Morgan fingerprint density at radius 2 is 1.90 bits per heavy atom. The van der Waals surface area contributed by atoms with E-state index in [0.717, 1.165) is 12.0 Å². The minimum atomic E-state index is 0.0238. The van der Waals surface area contributed by atoms with Crippen LogP contribution in [-0.4, -0.2) is 10.2 Å². The quantitative estimate of drug-likeness (QED) is 0.802. The van der Waals surface area contributed by atoms with Gasteiger partial charge in [0, 0.05) is 22.2 Å². The average molecular weight is 347 g/mol. The molecule has 3 N–H and O–H groups in total. The summed E-state index contributed by atoms with van der Waals surface area (Å²) in [5.41, 5.74) is 4.93. The van der Waals surface area contributed by atoms with Crippen molar-refractivity contribution >= 4 is 35.0 Å². The molecular formula is C14H18Cl2N3OS+. The van der Waals surface area contributed by atoms with Gasteiger partial charge in [0.15, 0.2) is 6.04 Å². The normalized spacial score (nSPS) is 12.9. The summed E-state index contributed by atoms with van der Waals surface area (Å²) in [5, 5.41) is 9.90. The Morgan fingerprint density at radius 3 is 2.52 bits per heavy atom. The summed E-state index contributed by atoms with van der Waals surface area (Å²) in [5.74, 6) is 1.71. The van der Waals surface area contributed by atoms with Crippen molar-refractivity contribution in [3.63, 3.8) is 0 Å². The summed E-state index contributed by atoms with van der Waals surface area (Å²) in [6, 6.07) is 5.48. The van der Waals surface area contributed by atoms with Crippen LogP contribution in [0.15, 0.2) is 27.8 Å². The van der Waals surface area contributed by atoms with Crippen LogP contribution in [0.3, 0.4) is 0 Å². The van der Waals surface area contributed by atoms with Crippen LogP contribution in [0.25, 0.3) is 0 Å². The van der Waals surface area contributed by atoms with Gasteiger partial charge in [0.05, 0.1) is 0 Å². The number of hydrogen-bond acceptors (Lipinski definition) is 4. The number of halogens is 2. The first kappa shape index (κ1) is 16.6. The molecule has 2 rings (SSSR count). The first-order valence-electron chi connectivity index (χ1n) is 6.69. The van der Waals surface area contributed by atoms with E-state index in [4.69, 9.17) is 27.6 Å². The molecule has 0 saturated carbocycles. The van der Waals surface area contributed by atoms with Gasteiger partial charge >= 0.3 is 0 Å². The van der Waals surface area contributed by atoms with Crippen LogP contribution < -0.4 is 5.73 Å². The first-order chi connectivity index (χ1) is 9.97. The zero-order valence-electron chi connectivity index (χ0n) is 12.0.